The van der Waals surface area contributed by atoms with E-state index in [1.807, 2.05) is 26.0 Å². The van der Waals surface area contributed by atoms with Crippen LogP contribution in [0.5, 0.6) is 0 Å². The first-order chi connectivity index (χ1) is 11.6. The second-order valence-corrected chi connectivity index (χ2v) is 6.24. The first kappa shape index (κ1) is 16.2. The van der Waals surface area contributed by atoms with Crippen molar-refractivity contribution in [2.45, 2.75) is 32.7 Å². The van der Waals surface area contributed by atoms with E-state index in [0.29, 0.717) is 11.7 Å². The predicted octanol–water partition coefficient (Wildman–Crippen LogP) is 2.47. The minimum Gasteiger partial charge on any atom is -0.357 e. The number of nitriles is 1. The van der Waals surface area contributed by atoms with Crippen molar-refractivity contribution >= 4 is 11.6 Å². The van der Waals surface area contributed by atoms with Crippen molar-refractivity contribution in [3.05, 3.63) is 41.5 Å². The molecule has 0 N–H and O–H groups in total. The minimum absolute atomic E-state index is 0.423. The number of rotatable bonds is 3. The van der Waals surface area contributed by atoms with E-state index in [4.69, 9.17) is 5.26 Å². The first-order valence-electron chi connectivity index (χ1n) is 8.24. The van der Waals surface area contributed by atoms with Gasteiger partial charge < -0.3 is 9.80 Å². The maximum Gasteiger partial charge on any atom is 0.142 e. The Morgan fingerprint density at radius 1 is 1.17 bits per heavy atom. The molecule has 0 amide bonds. The van der Waals surface area contributed by atoms with Crippen molar-refractivity contribution < 1.29 is 0 Å². The van der Waals surface area contributed by atoms with E-state index in [-0.39, 0.29) is 0 Å². The van der Waals surface area contributed by atoms with Crippen molar-refractivity contribution in [1.29, 1.82) is 5.26 Å². The van der Waals surface area contributed by atoms with Crippen LogP contribution in [0.25, 0.3) is 0 Å². The van der Waals surface area contributed by atoms with Crippen LogP contribution in [0.1, 0.15) is 30.1 Å². The lowest BCUT2D eigenvalue weighted by atomic mass is 10.0. The van der Waals surface area contributed by atoms with Crippen LogP contribution in [-0.4, -0.2) is 41.1 Å². The van der Waals surface area contributed by atoms with Crippen molar-refractivity contribution in [3.8, 4) is 6.07 Å². The van der Waals surface area contributed by atoms with Gasteiger partial charge in [0, 0.05) is 37.9 Å². The number of piperidine rings is 1. The zero-order valence-corrected chi connectivity index (χ0v) is 14.4. The molecule has 3 rings (SSSR count). The number of aromatic nitrogens is 3. The molecule has 2 aromatic heterocycles. The van der Waals surface area contributed by atoms with Gasteiger partial charge >= 0.3 is 0 Å². The fourth-order valence-corrected chi connectivity index (χ4v) is 3.21. The van der Waals surface area contributed by atoms with Gasteiger partial charge in [-0.15, -0.1) is 0 Å². The quantitative estimate of drug-likeness (QED) is 0.864. The highest BCUT2D eigenvalue weighted by atomic mass is 15.2. The van der Waals surface area contributed by atoms with Gasteiger partial charge in [0.1, 0.15) is 29.2 Å². The molecule has 124 valence electrons. The summed E-state index contributed by atoms with van der Waals surface area (Å²) < 4.78 is 0. The van der Waals surface area contributed by atoms with Crippen LogP contribution in [0.4, 0.5) is 11.6 Å². The highest BCUT2D eigenvalue weighted by Crippen LogP contribution is 2.24. The smallest absolute Gasteiger partial charge is 0.142 e. The van der Waals surface area contributed by atoms with Gasteiger partial charge in [0.25, 0.3) is 0 Å². The molecule has 1 aliphatic heterocycles. The fourth-order valence-electron chi connectivity index (χ4n) is 3.21. The Labute approximate surface area is 142 Å². The van der Waals surface area contributed by atoms with E-state index in [0.717, 1.165) is 49.1 Å². The van der Waals surface area contributed by atoms with Gasteiger partial charge in [0.2, 0.25) is 0 Å². The molecule has 24 heavy (non-hydrogen) atoms. The largest absolute Gasteiger partial charge is 0.357 e. The van der Waals surface area contributed by atoms with E-state index >= 15 is 0 Å². The molecule has 0 radical (unpaired) electrons. The lowest BCUT2D eigenvalue weighted by molar-refractivity contribution is 0.477. The molecule has 0 atom stereocenters. The Morgan fingerprint density at radius 2 is 1.92 bits per heavy atom. The summed E-state index contributed by atoms with van der Waals surface area (Å²) in [6.45, 7) is 5.86. The summed E-state index contributed by atoms with van der Waals surface area (Å²) in [7, 11) is 2.06. The van der Waals surface area contributed by atoms with Crippen molar-refractivity contribution in [1.82, 2.24) is 15.0 Å². The third kappa shape index (κ3) is 3.46. The molecule has 1 aliphatic rings. The Balaban J connectivity index is 1.67. The number of hydrogen-bond donors (Lipinski definition) is 0. The van der Waals surface area contributed by atoms with Crippen LogP contribution >= 0.6 is 0 Å². The molecule has 0 spiro atoms. The Hall–Kier alpha value is -2.68. The molecule has 6 nitrogen and oxygen atoms in total. The van der Waals surface area contributed by atoms with Crippen LogP contribution in [0, 0.1) is 25.2 Å². The van der Waals surface area contributed by atoms with E-state index in [2.05, 4.69) is 43.9 Å². The summed E-state index contributed by atoms with van der Waals surface area (Å²) in [5.74, 6) is 2.70. The molecule has 0 aromatic carbocycles. The normalized spacial score (nSPS) is 15.2. The van der Waals surface area contributed by atoms with Gasteiger partial charge in [-0.25, -0.2) is 15.0 Å². The lowest BCUT2D eigenvalue weighted by Gasteiger charge is -2.37. The number of aryl methyl sites for hydroxylation is 2. The summed E-state index contributed by atoms with van der Waals surface area (Å²) in [5.41, 5.74) is 1.47. The maximum absolute atomic E-state index is 9.01. The van der Waals surface area contributed by atoms with Gasteiger partial charge in [0.05, 0.1) is 0 Å². The SMILES string of the molecule is Cc1cc(N2CCC(N(C)c3cccc(C#N)n3)CC2)nc(C)n1. The standard InChI is InChI=1S/C18H22N6/c1-13-11-18(21-14(2)20-13)24-9-7-16(8-10-24)23(3)17-6-4-5-15(12-19)22-17/h4-6,11,16H,7-10H2,1-3H3. The average Bonchev–Trinajstić information content (AvgIpc) is 2.60. The molecular formula is C18H22N6. The van der Waals surface area contributed by atoms with E-state index in [9.17, 15) is 0 Å². The number of nitrogens with zero attached hydrogens (tertiary/aromatic N) is 6. The van der Waals surface area contributed by atoms with Gasteiger partial charge in [-0.1, -0.05) is 6.07 Å². The highest BCUT2D eigenvalue weighted by molar-refractivity contribution is 5.44. The molecule has 1 saturated heterocycles. The summed E-state index contributed by atoms with van der Waals surface area (Å²) in [4.78, 5) is 17.8. The molecule has 0 unspecified atom stereocenters. The Bertz CT molecular complexity index is 738. The molecule has 3 heterocycles. The summed E-state index contributed by atoms with van der Waals surface area (Å²) >= 11 is 0. The predicted molar refractivity (Wildman–Crippen MR) is 94.1 cm³/mol. The number of anilines is 2. The van der Waals surface area contributed by atoms with Crippen LogP contribution in [0.2, 0.25) is 0 Å². The molecule has 0 bridgehead atoms. The second kappa shape index (κ2) is 6.83. The highest BCUT2D eigenvalue weighted by Gasteiger charge is 2.24. The first-order valence-corrected chi connectivity index (χ1v) is 8.24. The second-order valence-electron chi connectivity index (χ2n) is 6.24. The molecule has 2 aromatic rings. The summed E-state index contributed by atoms with van der Waals surface area (Å²) in [6, 6.07) is 10.2. The molecule has 0 aliphatic carbocycles. The van der Waals surface area contributed by atoms with Crippen LogP contribution in [0.3, 0.4) is 0 Å². The lowest BCUT2D eigenvalue weighted by Crippen LogP contribution is -2.44. The van der Waals surface area contributed by atoms with Crippen LogP contribution in [-0.2, 0) is 0 Å². The third-order valence-corrected chi connectivity index (χ3v) is 4.50. The molecule has 6 heteroatoms. The zero-order valence-electron chi connectivity index (χ0n) is 14.4. The topological polar surface area (TPSA) is 68.9 Å². The van der Waals surface area contributed by atoms with Gasteiger partial charge in [-0.3, -0.25) is 0 Å². The molecule has 1 fully saturated rings. The van der Waals surface area contributed by atoms with Gasteiger partial charge in [-0.2, -0.15) is 5.26 Å². The van der Waals surface area contributed by atoms with Crippen LogP contribution in [0.15, 0.2) is 24.3 Å². The van der Waals surface area contributed by atoms with Gasteiger partial charge in [-0.05, 0) is 38.8 Å². The molecular weight excluding hydrogens is 300 g/mol. The number of hydrogen-bond acceptors (Lipinski definition) is 6. The molecule has 0 saturated carbocycles. The maximum atomic E-state index is 9.01. The Kier molecular flexibility index (Phi) is 4.61. The van der Waals surface area contributed by atoms with Crippen LogP contribution < -0.4 is 9.80 Å². The van der Waals surface area contributed by atoms with E-state index in [1.54, 1.807) is 6.07 Å². The van der Waals surface area contributed by atoms with E-state index < -0.39 is 0 Å². The monoisotopic (exact) mass is 322 g/mol. The van der Waals surface area contributed by atoms with Gasteiger partial charge in [0.15, 0.2) is 0 Å². The van der Waals surface area contributed by atoms with E-state index in [1.165, 1.54) is 0 Å². The minimum atomic E-state index is 0.423. The Morgan fingerprint density at radius 3 is 2.58 bits per heavy atom. The zero-order chi connectivity index (χ0) is 17.1. The van der Waals surface area contributed by atoms with Crippen molar-refractivity contribution in [2.24, 2.45) is 0 Å². The fraction of sp³-hybridized carbons (Fsp3) is 0.444. The average molecular weight is 322 g/mol. The van der Waals surface area contributed by atoms with Crippen molar-refractivity contribution in [2.75, 3.05) is 29.9 Å². The number of pyridine rings is 1. The summed E-state index contributed by atoms with van der Waals surface area (Å²) in [5, 5.41) is 9.01. The third-order valence-electron chi connectivity index (χ3n) is 4.50. The van der Waals surface area contributed by atoms with Crippen molar-refractivity contribution in [3.63, 3.8) is 0 Å². The summed E-state index contributed by atoms with van der Waals surface area (Å²) in [6.07, 6.45) is 2.08.